The second-order valence-corrected chi connectivity index (χ2v) is 10.8. The van der Waals surface area contributed by atoms with Crippen LogP contribution in [-0.4, -0.2) is 75.1 Å². The average Bonchev–Trinajstić information content (AvgIpc) is 3.52. The summed E-state index contributed by atoms with van der Waals surface area (Å²) in [6, 6.07) is 5.92. The third-order valence-corrected chi connectivity index (χ3v) is 8.69. The third-order valence-electron chi connectivity index (χ3n) is 6.63. The van der Waals surface area contributed by atoms with E-state index in [-0.39, 0.29) is 10.9 Å². The number of fused-ring (bicyclic) bond motifs is 1. The Bertz CT molecular complexity index is 1440. The zero-order chi connectivity index (χ0) is 24.6. The van der Waals surface area contributed by atoms with Gasteiger partial charge in [-0.2, -0.15) is 9.40 Å². The highest BCUT2D eigenvalue weighted by Crippen LogP contribution is 2.26. The van der Waals surface area contributed by atoms with Gasteiger partial charge in [-0.3, -0.25) is 9.58 Å². The Kier molecular flexibility index (Phi) is 6.39. The van der Waals surface area contributed by atoms with E-state index in [1.807, 2.05) is 29.3 Å². The minimum atomic E-state index is -3.65. The van der Waals surface area contributed by atoms with Gasteiger partial charge in [0.05, 0.1) is 22.8 Å². The van der Waals surface area contributed by atoms with Crippen molar-refractivity contribution < 1.29 is 12.8 Å². The standard InChI is InChI=1S/C24H28FN7O2S/c1-3-20(32-14-18(13-29-32)23-21-6-7-26-24(21)28-16-27-23)15-30-8-10-31(11-9-30)35(33,34)22-5-4-19(25)12-17(22)2/h4-7,12-14,16,20H,3,8-11,15H2,1-2H3,(H,26,27,28). The fourth-order valence-corrected chi connectivity index (χ4v) is 6.28. The number of piperazine rings is 1. The molecule has 1 saturated heterocycles. The molecule has 0 bridgehead atoms. The van der Waals surface area contributed by atoms with Crippen LogP contribution >= 0.6 is 0 Å². The molecule has 4 heterocycles. The van der Waals surface area contributed by atoms with E-state index in [1.54, 1.807) is 13.3 Å². The minimum absolute atomic E-state index is 0.148. The Balaban J connectivity index is 1.25. The van der Waals surface area contributed by atoms with Crippen molar-refractivity contribution in [1.29, 1.82) is 0 Å². The molecule has 0 aliphatic carbocycles. The van der Waals surface area contributed by atoms with Crippen LogP contribution in [-0.2, 0) is 10.0 Å². The zero-order valence-corrected chi connectivity index (χ0v) is 20.5. The molecule has 5 rings (SSSR count). The van der Waals surface area contributed by atoms with Crippen LogP contribution in [0.1, 0.15) is 24.9 Å². The number of halogens is 1. The fourth-order valence-electron chi connectivity index (χ4n) is 4.65. The van der Waals surface area contributed by atoms with E-state index >= 15 is 0 Å². The Morgan fingerprint density at radius 3 is 2.69 bits per heavy atom. The lowest BCUT2D eigenvalue weighted by Gasteiger charge is -2.35. The van der Waals surface area contributed by atoms with E-state index in [0.29, 0.717) is 31.7 Å². The number of aromatic amines is 1. The van der Waals surface area contributed by atoms with Gasteiger partial charge in [-0.05, 0) is 43.2 Å². The summed E-state index contributed by atoms with van der Waals surface area (Å²) in [5.41, 5.74) is 2.99. The van der Waals surface area contributed by atoms with Gasteiger partial charge in [0.25, 0.3) is 0 Å². The minimum Gasteiger partial charge on any atom is -0.346 e. The van der Waals surface area contributed by atoms with Crippen LogP contribution in [0.15, 0.2) is 54.1 Å². The Morgan fingerprint density at radius 2 is 1.94 bits per heavy atom. The number of H-pyrrole nitrogens is 1. The smallest absolute Gasteiger partial charge is 0.243 e. The van der Waals surface area contributed by atoms with Crippen molar-refractivity contribution in [2.24, 2.45) is 0 Å². The summed E-state index contributed by atoms with van der Waals surface area (Å²) in [6.45, 7) is 6.56. The van der Waals surface area contributed by atoms with E-state index in [1.165, 1.54) is 22.5 Å². The van der Waals surface area contributed by atoms with Crippen molar-refractivity contribution in [3.8, 4) is 11.3 Å². The molecule has 11 heteroatoms. The van der Waals surface area contributed by atoms with Gasteiger partial charge in [-0.25, -0.2) is 22.8 Å². The molecule has 1 unspecified atom stereocenters. The molecule has 1 fully saturated rings. The summed E-state index contributed by atoms with van der Waals surface area (Å²) < 4.78 is 43.1. The number of hydrogen-bond acceptors (Lipinski definition) is 6. The predicted molar refractivity (Wildman–Crippen MR) is 131 cm³/mol. The number of aryl methyl sites for hydroxylation is 1. The molecule has 9 nitrogen and oxygen atoms in total. The monoisotopic (exact) mass is 497 g/mol. The van der Waals surface area contributed by atoms with Gasteiger partial charge in [-0.15, -0.1) is 0 Å². The molecule has 0 radical (unpaired) electrons. The highest BCUT2D eigenvalue weighted by Gasteiger charge is 2.30. The maximum absolute atomic E-state index is 13.4. The lowest BCUT2D eigenvalue weighted by Crippen LogP contribution is -2.49. The second kappa shape index (κ2) is 9.48. The Labute approximate surface area is 203 Å². The van der Waals surface area contributed by atoms with E-state index < -0.39 is 15.8 Å². The molecule has 0 amide bonds. The van der Waals surface area contributed by atoms with Crippen molar-refractivity contribution in [2.75, 3.05) is 32.7 Å². The van der Waals surface area contributed by atoms with Crippen LogP contribution in [0.2, 0.25) is 0 Å². The number of hydrogen-bond donors (Lipinski definition) is 1. The first-order valence-corrected chi connectivity index (χ1v) is 13.1. The van der Waals surface area contributed by atoms with Crippen molar-refractivity contribution in [1.82, 2.24) is 33.9 Å². The maximum atomic E-state index is 13.4. The topological polar surface area (TPSA) is 100 Å². The number of aromatic nitrogens is 5. The average molecular weight is 498 g/mol. The Morgan fingerprint density at radius 1 is 1.14 bits per heavy atom. The van der Waals surface area contributed by atoms with Crippen LogP contribution in [0, 0.1) is 12.7 Å². The molecule has 184 valence electrons. The van der Waals surface area contributed by atoms with Crippen molar-refractivity contribution >= 4 is 21.1 Å². The largest absolute Gasteiger partial charge is 0.346 e. The number of nitrogens with one attached hydrogen (secondary N) is 1. The first-order valence-electron chi connectivity index (χ1n) is 11.7. The Hall–Kier alpha value is -3.15. The summed E-state index contributed by atoms with van der Waals surface area (Å²) in [6.07, 6.45) is 8.12. The SMILES string of the molecule is CCC(CN1CCN(S(=O)(=O)c2ccc(F)cc2C)CC1)n1cc(-c2ncnc3[nH]ccc23)cn1. The summed E-state index contributed by atoms with van der Waals surface area (Å²) in [4.78, 5) is 14.3. The number of benzene rings is 1. The van der Waals surface area contributed by atoms with Crippen LogP contribution in [0.25, 0.3) is 22.3 Å². The number of nitrogens with zero attached hydrogens (tertiary/aromatic N) is 6. The fraction of sp³-hybridized carbons (Fsp3) is 0.375. The molecule has 0 spiro atoms. The van der Waals surface area contributed by atoms with Crippen LogP contribution in [0.3, 0.4) is 0 Å². The van der Waals surface area contributed by atoms with Crippen molar-refractivity contribution in [3.63, 3.8) is 0 Å². The summed E-state index contributed by atoms with van der Waals surface area (Å²) in [5, 5.41) is 5.57. The molecule has 3 aromatic heterocycles. The van der Waals surface area contributed by atoms with E-state index in [0.717, 1.165) is 35.3 Å². The highest BCUT2D eigenvalue weighted by molar-refractivity contribution is 7.89. The molecule has 1 aliphatic rings. The molecule has 0 saturated carbocycles. The number of sulfonamides is 1. The summed E-state index contributed by atoms with van der Waals surface area (Å²) in [7, 11) is -3.65. The van der Waals surface area contributed by atoms with E-state index in [9.17, 15) is 12.8 Å². The molecule has 35 heavy (non-hydrogen) atoms. The van der Waals surface area contributed by atoms with Crippen molar-refractivity contribution in [2.45, 2.75) is 31.2 Å². The van der Waals surface area contributed by atoms with Crippen LogP contribution in [0.4, 0.5) is 4.39 Å². The molecule has 1 aliphatic heterocycles. The quantitative estimate of drug-likeness (QED) is 0.421. The van der Waals surface area contributed by atoms with Crippen LogP contribution < -0.4 is 0 Å². The molecule has 1 N–H and O–H groups in total. The predicted octanol–water partition coefficient (Wildman–Crippen LogP) is 3.23. The normalized spacial score (nSPS) is 16.7. The third kappa shape index (κ3) is 4.58. The summed E-state index contributed by atoms with van der Waals surface area (Å²) in [5.74, 6) is -0.434. The molecule has 1 atom stereocenters. The van der Waals surface area contributed by atoms with Crippen LogP contribution in [0.5, 0.6) is 0 Å². The van der Waals surface area contributed by atoms with E-state index in [2.05, 4.69) is 31.9 Å². The first kappa shape index (κ1) is 23.6. The lowest BCUT2D eigenvalue weighted by molar-refractivity contribution is 0.160. The van der Waals surface area contributed by atoms with Crippen molar-refractivity contribution in [3.05, 3.63) is 60.6 Å². The molecule has 1 aromatic carbocycles. The van der Waals surface area contributed by atoms with Gasteiger partial charge in [0.2, 0.25) is 10.0 Å². The van der Waals surface area contributed by atoms with E-state index in [4.69, 9.17) is 0 Å². The van der Waals surface area contributed by atoms with Gasteiger partial charge < -0.3 is 4.98 Å². The van der Waals surface area contributed by atoms with Gasteiger partial charge in [0.15, 0.2) is 0 Å². The number of rotatable bonds is 7. The second-order valence-electron chi connectivity index (χ2n) is 8.85. The van der Waals surface area contributed by atoms with Gasteiger partial charge >= 0.3 is 0 Å². The first-order chi connectivity index (χ1) is 16.9. The maximum Gasteiger partial charge on any atom is 0.243 e. The van der Waals surface area contributed by atoms with Gasteiger partial charge in [0, 0.05) is 56.1 Å². The summed E-state index contributed by atoms with van der Waals surface area (Å²) >= 11 is 0. The molecule has 4 aromatic rings. The van der Waals surface area contributed by atoms with Gasteiger partial charge in [0.1, 0.15) is 17.8 Å². The molecular weight excluding hydrogens is 469 g/mol. The lowest BCUT2D eigenvalue weighted by atomic mass is 10.1. The molecular formula is C24H28FN7O2S. The highest BCUT2D eigenvalue weighted by atomic mass is 32.2. The van der Waals surface area contributed by atoms with Gasteiger partial charge in [-0.1, -0.05) is 6.92 Å². The zero-order valence-electron chi connectivity index (χ0n) is 19.7.